The highest BCUT2D eigenvalue weighted by Crippen LogP contribution is 2.72. The van der Waals surface area contributed by atoms with Crippen molar-refractivity contribution < 1.29 is 8.83 Å². The maximum Gasteiger partial charge on any atom is 0.160 e. The number of benzene rings is 21. The minimum Gasteiger partial charge on any atom is -0.454 e. The lowest BCUT2D eigenvalue weighted by Crippen LogP contribution is -2.27. The van der Waals surface area contributed by atoms with Gasteiger partial charge in [-0.2, -0.15) is 0 Å². The highest BCUT2D eigenvalue weighted by molar-refractivity contribution is 6.24. The van der Waals surface area contributed by atoms with Gasteiger partial charge in [-0.15, -0.1) is 0 Å². The Bertz CT molecular complexity index is 8370. The van der Waals surface area contributed by atoms with Crippen LogP contribution in [0.4, 0.5) is 34.1 Å². The first-order chi connectivity index (χ1) is 68.0. The van der Waals surface area contributed by atoms with Gasteiger partial charge in [0, 0.05) is 44.3 Å². The van der Waals surface area contributed by atoms with E-state index >= 15 is 0 Å². The van der Waals surface area contributed by atoms with Gasteiger partial charge in [-0.05, 0) is 305 Å². The molecule has 4 nitrogen and oxygen atoms in total. The molecule has 0 radical (unpaired) electrons. The van der Waals surface area contributed by atoms with Crippen molar-refractivity contribution in [3.8, 4) is 89.0 Å². The maximum atomic E-state index is 7.88. The first kappa shape index (κ1) is 83.2. The molecule has 0 atom stereocenters. The second kappa shape index (κ2) is 30.2. The van der Waals surface area contributed by atoms with Crippen molar-refractivity contribution in [2.24, 2.45) is 0 Å². The summed E-state index contributed by atoms with van der Waals surface area (Å²) in [7, 11) is 0. The van der Waals surface area contributed by atoms with Crippen molar-refractivity contribution in [1.82, 2.24) is 0 Å². The molecular formula is C136H104N2O2. The summed E-state index contributed by atoms with van der Waals surface area (Å²) in [4.78, 5) is 5.01. The van der Waals surface area contributed by atoms with Crippen molar-refractivity contribution >= 4 is 121 Å². The molecule has 0 unspecified atom stereocenters. The van der Waals surface area contributed by atoms with E-state index in [1.165, 1.54) is 177 Å². The number of nitrogens with zero attached hydrogens (tertiary/aromatic N) is 2. The fourth-order valence-electron chi connectivity index (χ4n) is 25.6. The zero-order valence-corrected chi connectivity index (χ0v) is 81.0. The average molecular weight is 1800 g/mol. The third-order valence-corrected chi connectivity index (χ3v) is 31.6. The van der Waals surface area contributed by atoms with E-state index in [9.17, 15) is 0 Å². The van der Waals surface area contributed by atoms with Crippen LogP contribution in [0.15, 0.2) is 421 Å². The summed E-state index contributed by atoms with van der Waals surface area (Å²) in [5, 5.41) is 14.3. The molecule has 0 aliphatic heterocycles. The number of para-hydroxylation sites is 2. The lowest BCUT2D eigenvalue weighted by atomic mass is 9.68. The van der Waals surface area contributed by atoms with Crippen LogP contribution in [0.1, 0.15) is 150 Å². The van der Waals surface area contributed by atoms with Crippen molar-refractivity contribution in [3.63, 3.8) is 0 Å². The zero-order chi connectivity index (χ0) is 94.5. The zero-order valence-electron chi connectivity index (χ0n) is 81.0. The van der Waals surface area contributed by atoms with Gasteiger partial charge >= 0.3 is 0 Å². The Morgan fingerprint density at radius 1 is 0.186 bits per heavy atom. The van der Waals surface area contributed by atoms with Crippen LogP contribution in [0.25, 0.3) is 176 Å². The van der Waals surface area contributed by atoms with Crippen LogP contribution >= 0.6 is 0 Å². The van der Waals surface area contributed by atoms with Gasteiger partial charge in [0.25, 0.3) is 0 Å². The van der Waals surface area contributed by atoms with Crippen molar-refractivity contribution in [2.75, 3.05) is 9.80 Å². The minimum absolute atomic E-state index is 0.0544. The quantitative estimate of drug-likeness (QED) is 0.137. The highest BCUT2D eigenvalue weighted by Gasteiger charge is 2.58. The third-order valence-electron chi connectivity index (χ3n) is 31.6. The van der Waals surface area contributed by atoms with Crippen LogP contribution in [0.3, 0.4) is 0 Å². The van der Waals surface area contributed by atoms with Crippen molar-refractivity contribution in [3.05, 3.63) is 479 Å². The molecule has 670 valence electrons. The van der Waals surface area contributed by atoms with E-state index in [4.69, 9.17) is 8.83 Å². The average Bonchev–Trinajstić information content (AvgIpc) is 1.47. The Morgan fingerprint density at radius 3 is 0.743 bits per heavy atom. The standard InChI is InChI=1S/C136H104N2O2/c1-131(2,3)109-52-32-46-96-89(45-31-47-100(96)109)81-55-63-85(64-56-81)137(86-65-57-82(58-66-86)90-71-74-110(132(4,5)6)97-36-16-13-33-93(90)97)121-79-119-125(127-105-43-23-29-53-123(105)139-129(121)127)107-77-118-108(78-117(107)135(119)113-48-25-19-39-101(113)102-40-20-26-49-114(102)135)126-120(136(118)115-50-27-21-41-103(115)104-42-22-28-51-116(104)136)80-122(130-128(126)106-44-24-30-54-124(106)140-130)138(87-67-59-83(60-68-87)91-72-75-111(133(7,8)9)98-37-17-14-34-94(91)98)88-69-61-84(62-70-88)92-73-76-112(134(10,11)12)99-38-18-15-35-95(92)99/h13-80H,1-12H3. The van der Waals surface area contributed by atoms with Gasteiger partial charge in [0.2, 0.25) is 0 Å². The smallest absolute Gasteiger partial charge is 0.160 e. The van der Waals surface area contributed by atoms with Crippen LogP contribution in [0.5, 0.6) is 0 Å². The fraction of sp³-hybridized carbons (Fsp3) is 0.132. The van der Waals surface area contributed by atoms with Gasteiger partial charge in [-0.25, -0.2) is 0 Å². The van der Waals surface area contributed by atoms with Gasteiger partial charge in [0.05, 0.1) is 22.2 Å². The normalized spacial score (nSPS) is 13.7. The third kappa shape index (κ3) is 12.0. The van der Waals surface area contributed by atoms with Crippen LogP contribution in [0, 0.1) is 0 Å². The Labute approximate surface area is 817 Å². The van der Waals surface area contributed by atoms with Crippen LogP contribution in [0.2, 0.25) is 0 Å². The SMILES string of the molecule is CC(C)(C)c1cccc2c(-c3ccc(N(c4ccc(-c5ccc(C(C)(C)C)c6ccccc56)cc4)c4cc5c(c6c4oc4ccccc46)-c4cc6c(cc4C54c5ccccc5-c5ccccc54)-c4c(cc(N(c5ccc(-c7ccc(C(C)(C)C)c8ccccc78)cc5)c5ccc(-c7ccc(C(C)(C)C)c8ccccc78)cc5)c5oc7ccccc7c45)C64c5ccccc5-c5ccccc54)cc3)cccc12. The Morgan fingerprint density at radius 2 is 0.429 bits per heavy atom. The van der Waals surface area contributed by atoms with Crippen molar-refractivity contribution in [2.45, 2.75) is 116 Å². The molecule has 140 heavy (non-hydrogen) atoms. The summed E-state index contributed by atoms with van der Waals surface area (Å²) in [6, 6.07) is 158. The summed E-state index contributed by atoms with van der Waals surface area (Å²) in [5.41, 5.74) is 41.2. The molecule has 4 aliphatic rings. The molecule has 0 saturated carbocycles. The predicted molar refractivity (Wildman–Crippen MR) is 590 cm³/mol. The summed E-state index contributed by atoms with van der Waals surface area (Å²) >= 11 is 0. The Balaban J connectivity index is 0.729. The summed E-state index contributed by atoms with van der Waals surface area (Å²) in [6.45, 7) is 27.8. The molecule has 2 heterocycles. The number of furan rings is 2. The molecule has 4 aliphatic carbocycles. The molecule has 4 heteroatoms. The molecule has 21 aromatic carbocycles. The van der Waals surface area contributed by atoms with Crippen LogP contribution in [-0.4, -0.2) is 0 Å². The van der Waals surface area contributed by atoms with Gasteiger partial charge in [-0.1, -0.05) is 411 Å². The van der Waals surface area contributed by atoms with E-state index in [1.54, 1.807) is 0 Å². The minimum atomic E-state index is -0.913. The van der Waals surface area contributed by atoms with Gasteiger partial charge in [-0.3, -0.25) is 0 Å². The van der Waals surface area contributed by atoms with Crippen LogP contribution < -0.4 is 9.80 Å². The molecule has 27 rings (SSSR count). The van der Waals surface area contributed by atoms with E-state index in [0.29, 0.717) is 0 Å². The Kier molecular flexibility index (Phi) is 17.9. The van der Waals surface area contributed by atoms with Crippen molar-refractivity contribution in [1.29, 1.82) is 0 Å². The predicted octanol–water partition coefficient (Wildman–Crippen LogP) is 37.6. The molecule has 0 bridgehead atoms. The number of hydrogen-bond acceptors (Lipinski definition) is 4. The van der Waals surface area contributed by atoms with E-state index in [-0.39, 0.29) is 21.7 Å². The molecule has 23 aromatic rings. The molecule has 0 saturated heterocycles. The van der Waals surface area contributed by atoms with E-state index in [0.717, 1.165) is 100 Å². The molecule has 0 N–H and O–H groups in total. The molecular weight excluding hydrogens is 1690 g/mol. The van der Waals surface area contributed by atoms with E-state index in [1.807, 2.05) is 0 Å². The second-order valence-corrected chi connectivity index (χ2v) is 43.6. The molecule has 0 fully saturated rings. The number of anilines is 6. The Hall–Kier alpha value is -16.1. The van der Waals surface area contributed by atoms with E-state index < -0.39 is 10.8 Å². The molecule has 2 spiro atoms. The van der Waals surface area contributed by atoms with Gasteiger partial charge in [0.1, 0.15) is 11.2 Å². The second-order valence-electron chi connectivity index (χ2n) is 43.6. The molecule has 0 amide bonds. The number of fused-ring (bicyclic) bond motifs is 32. The summed E-state index contributed by atoms with van der Waals surface area (Å²) < 4.78 is 15.8. The topological polar surface area (TPSA) is 32.8 Å². The summed E-state index contributed by atoms with van der Waals surface area (Å²) in [5.74, 6) is 0. The van der Waals surface area contributed by atoms with Gasteiger partial charge < -0.3 is 18.6 Å². The van der Waals surface area contributed by atoms with Crippen LogP contribution in [-0.2, 0) is 32.5 Å². The maximum absolute atomic E-state index is 7.88. The first-order valence-corrected chi connectivity index (χ1v) is 49.7. The van der Waals surface area contributed by atoms with E-state index in [2.05, 4.69) is 505 Å². The largest absolute Gasteiger partial charge is 0.454 e. The number of hydrogen-bond donors (Lipinski definition) is 0. The first-order valence-electron chi connectivity index (χ1n) is 49.7. The monoisotopic (exact) mass is 1800 g/mol. The highest BCUT2D eigenvalue weighted by atomic mass is 16.3. The summed E-state index contributed by atoms with van der Waals surface area (Å²) in [6.07, 6.45) is 0. The molecule has 2 aromatic heterocycles. The lowest BCUT2D eigenvalue weighted by Gasteiger charge is -2.33. The fourth-order valence-corrected chi connectivity index (χ4v) is 25.6. The lowest BCUT2D eigenvalue weighted by molar-refractivity contribution is 0.595. The number of rotatable bonds is 10. The van der Waals surface area contributed by atoms with Gasteiger partial charge in [0.15, 0.2) is 11.2 Å².